The van der Waals surface area contributed by atoms with Crippen molar-refractivity contribution in [2.24, 2.45) is 5.73 Å². The average molecular weight is 216 g/mol. The van der Waals surface area contributed by atoms with Gasteiger partial charge in [-0.05, 0) is 18.6 Å². The molecule has 2 aromatic rings. The molecular weight excluding hydrogens is 200 g/mol. The number of rotatable bonds is 4. The number of benzene rings is 1. The van der Waals surface area contributed by atoms with Crippen LogP contribution in [-0.2, 0) is 6.54 Å². The summed E-state index contributed by atoms with van der Waals surface area (Å²) in [5, 5.41) is 1.09. The van der Waals surface area contributed by atoms with Crippen molar-refractivity contribution in [3.63, 3.8) is 0 Å². The monoisotopic (exact) mass is 216 g/mol. The number of hydrogen-bond acceptors (Lipinski definition) is 3. The smallest absolute Gasteiger partial charge is 0.145 e. The topological polar surface area (TPSA) is 48.1 Å². The molecule has 0 aliphatic carbocycles. The Morgan fingerprint density at radius 2 is 2.12 bits per heavy atom. The molecule has 1 aromatic heterocycles. The molecule has 0 spiro atoms. The van der Waals surface area contributed by atoms with Crippen molar-refractivity contribution in [3.05, 3.63) is 36.0 Å². The van der Waals surface area contributed by atoms with Crippen LogP contribution in [0.1, 0.15) is 19.0 Å². The summed E-state index contributed by atoms with van der Waals surface area (Å²) in [6, 6.07) is 9.94. The third-order valence-corrected chi connectivity index (χ3v) is 2.41. The zero-order valence-corrected chi connectivity index (χ0v) is 9.44. The minimum absolute atomic E-state index is 0.456. The second-order valence-electron chi connectivity index (χ2n) is 3.68. The number of para-hydroxylation sites is 1. The Morgan fingerprint density at radius 1 is 1.25 bits per heavy atom. The van der Waals surface area contributed by atoms with Crippen LogP contribution in [-0.4, -0.2) is 11.6 Å². The lowest BCUT2D eigenvalue weighted by Gasteiger charge is -2.08. The number of pyridine rings is 1. The van der Waals surface area contributed by atoms with E-state index < -0.39 is 0 Å². The number of ether oxygens (including phenoxy) is 1. The van der Waals surface area contributed by atoms with E-state index in [-0.39, 0.29) is 0 Å². The summed E-state index contributed by atoms with van der Waals surface area (Å²) >= 11 is 0. The first-order chi connectivity index (χ1) is 7.85. The van der Waals surface area contributed by atoms with Crippen LogP contribution in [0.25, 0.3) is 10.9 Å². The molecule has 0 saturated heterocycles. The van der Waals surface area contributed by atoms with E-state index in [9.17, 15) is 0 Å². The quantitative estimate of drug-likeness (QED) is 0.854. The van der Waals surface area contributed by atoms with Gasteiger partial charge in [0.05, 0.1) is 12.3 Å². The molecule has 3 heteroatoms. The van der Waals surface area contributed by atoms with E-state index in [0.29, 0.717) is 13.2 Å². The van der Waals surface area contributed by atoms with Crippen molar-refractivity contribution < 1.29 is 4.74 Å². The molecule has 0 saturated carbocycles. The molecule has 1 aromatic carbocycles. The summed E-state index contributed by atoms with van der Waals surface area (Å²) in [6.45, 7) is 3.26. The van der Waals surface area contributed by atoms with Crippen molar-refractivity contribution >= 4 is 10.9 Å². The highest BCUT2D eigenvalue weighted by Gasteiger charge is 2.03. The van der Waals surface area contributed by atoms with Gasteiger partial charge in [-0.3, -0.25) is 0 Å². The summed E-state index contributed by atoms with van der Waals surface area (Å²) in [7, 11) is 0. The van der Waals surface area contributed by atoms with Crippen molar-refractivity contribution in [3.8, 4) is 5.75 Å². The molecule has 0 atom stereocenters. The molecule has 0 aliphatic rings. The van der Waals surface area contributed by atoms with Crippen molar-refractivity contribution in [1.82, 2.24) is 4.98 Å². The zero-order valence-electron chi connectivity index (χ0n) is 9.44. The highest BCUT2D eigenvalue weighted by atomic mass is 16.5. The third-order valence-electron chi connectivity index (χ3n) is 2.41. The van der Waals surface area contributed by atoms with E-state index in [1.165, 1.54) is 0 Å². The van der Waals surface area contributed by atoms with Crippen LogP contribution in [0.4, 0.5) is 0 Å². The number of hydrogen-bond donors (Lipinski definition) is 1. The maximum absolute atomic E-state index is 5.66. The molecule has 16 heavy (non-hydrogen) atoms. The van der Waals surface area contributed by atoms with Gasteiger partial charge < -0.3 is 10.5 Å². The molecule has 0 radical (unpaired) electrons. The fourth-order valence-electron chi connectivity index (χ4n) is 1.60. The lowest BCUT2D eigenvalue weighted by atomic mass is 10.2. The lowest BCUT2D eigenvalue weighted by molar-refractivity contribution is 0.320. The Bertz CT molecular complexity index is 482. The fourth-order valence-corrected chi connectivity index (χ4v) is 1.60. The minimum Gasteiger partial charge on any atom is -0.491 e. The SMILES string of the molecule is CCCOc1cccc2ccc(CN)nc12. The van der Waals surface area contributed by atoms with Gasteiger partial charge in [0.15, 0.2) is 0 Å². The largest absolute Gasteiger partial charge is 0.491 e. The Kier molecular flexibility index (Phi) is 3.37. The summed E-state index contributed by atoms with van der Waals surface area (Å²) < 4.78 is 5.66. The molecule has 0 unspecified atom stereocenters. The van der Waals surface area contributed by atoms with Crippen LogP contribution in [0.5, 0.6) is 5.75 Å². The highest BCUT2D eigenvalue weighted by molar-refractivity contribution is 5.84. The maximum atomic E-state index is 5.66. The van der Waals surface area contributed by atoms with Gasteiger partial charge in [0.2, 0.25) is 0 Å². The second kappa shape index (κ2) is 4.94. The Labute approximate surface area is 95.2 Å². The van der Waals surface area contributed by atoms with E-state index in [2.05, 4.69) is 11.9 Å². The van der Waals surface area contributed by atoms with Gasteiger partial charge in [-0.15, -0.1) is 0 Å². The Hall–Kier alpha value is -1.61. The number of nitrogens with zero attached hydrogens (tertiary/aromatic N) is 1. The van der Waals surface area contributed by atoms with E-state index in [0.717, 1.165) is 28.8 Å². The normalized spacial score (nSPS) is 10.6. The molecule has 2 rings (SSSR count). The summed E-state index contributed by atoms with van der Waals surface area (Å²) in [4.78, 5) is 4.50. The average Bonchev–Trinajstić information content (AvgIpc) is 2.35. The van der Waals surface area contributed by atoms with Crippen LogP contribution >= 0.6 is 0 Å². The molecule has 3 nitrogen and oxygen atoms in total. The predicted molar refractivity (Wildman–Crippen MR) is 65.4 cm³/mol. The Balaban J connectivity index is 2.46. The van der Waals surface area contributed by atoms with E-state index >= 15 is 0 Å². The van der Waals surface area contributed by atoms with Gasteiger partial charge in [-0.1, -0.05) is 25.1 Å². The standard InChI is InChI=1S/C13H16N2O/c1-2-8-16-12-5-3-4-10-6-7-11(9-14)15-13(10)12/h3-7H,2,8-9,14H2,1H3. The molecule has 0 bridgehead atoms. The van der Waals surface area contributed by atoms with Gasteiger partial charge in [0, 0.05) is 11.9 Å². The van der Waals surface area contributed by atoms with Gasteiger partial charge in [0.25, 0.3) is 0 Å². The fraction of sp³-hybridized carbons (Fsp3) is 0.308. The van der Waals surface area contributed by atoms with E-state index in [4.69, 9.17) is 10.5 Å². The van der Waals surface area contributed by atoms with Gasteiger partial charge in [0.1, 0.15) is 11.3 Å². The van der Waals surface area contributed by atoms with Crippen LogP contribution < -0.4 is 10.5 Å². The van der Waals surface area contributed by atoms with Crippen molar-refractivity contribution in [1.29, 1.82) is 0 Å². The molecule has 0 amide bonds. The first-order valence-corrected chi connectivity index (χ1v) is 5.56. The van der Waals surface area contributed by atoms with Crippen molar-refractivity contribution in [2.45, 2.75) is 19.9 Å². The summed E-state index contributed by atoms with van der Waals surface area (Å²) in [6.07, 6.45) is 0.993. The van der Waals surface area contributed by atoms with Crippen LogP contribution in [0, 0.1) is 0 Å². The molecule has 84 valence electrons. The van der Waals surface area contributed by atoms with Gasteiger partial charge >= 0.3 is 0 Å². The third kappa shape index (κ3) is 2.14. The highest BCUT2D eigenvalue weighted by Crippen LogP contribution is 2.23. The maximum Gasteiger partial charge on any atom is 0.145 e. The van der Waals surface area contributed by atoms with Crippen LogP contribution in [0.15, 0.2) is 30.3 Å². The van der Waals surface area contributed by atoms with Gasteiger partial charge in [-0.2, -0.15) is 0 Å². The molecule has 0 aliphatic heterocycles. The van der Waals surface area contributed by atoms with E-state index in [1.807, 2.05) is 30.3 Å². The first-order valence-electron chi connectivity index (χ1n) is 5.56. The number of nitrogens with two attached hydrogens (primary N) is 1. The van der Waals surface area contributed by atoms with Gasteiger partial charge in [-0.25, -0.2) is 4.98 Å². The molecular formula is C13H16N2O. The Morgan fingerprint density at radius 3 is 2.88 bits per heavy atom. The number of aromatic nitrogens is 1. The summed E-state index contributed by atoms with van der Waals surface area (Å²) in [5.41, 5.74) is 7.38. The van der Waals surface area contributed by atoms with Crippen molar-refractivity contribution in [2.75, 3.05) is 6.61 Å². The number of fused-ring (bicyclic) bond motifs is 1. The van der Waals surface area contributed by atoms with E-state index in [1.54, 1.807) is 0 Å². The zero-order chi connectivity index (χ0) is 11.4. The predicted octanol–water partition coefficient (Wildman–Crippen LogP) is 2.48. The molecule has 1 heterocycles. The van der Waals surface area contributed by atoms with Crippen LogP contribution in [0.3, 0.4) is 0 Å². The molecule has 0 fully saturated rings. The minimum atomic E-state index is 0.456. The second-order valence-corrected chi connectivity index (χ2v) is 3.68. The molecule has 2 N–H and O–H groups in total. The van der Waals surface area contributed by atoms with Crippen LogP contribution in [0.2, 0.25) is 0 Å². The summed E-state index contributed by atoms with van der Waals surface area (Å²) in [5.74, 6) is 0.842. The lowest BCUT2D eigenvalue weighted by Crippen LogP contribution is -2.01. The first kappa shape index (κ1) is 10.9.